The Hall–Kier alpha value is -5.34. The predicted molar refractivity (Wildman–Crippen MR) is 290 cm³/mol. The van der Waals surface area contributed by atoms with Gasteiger partial charge in [0.15, 0.2) is 111 Å². The molecule has 30 aliphatic heterocycles. The Morgan fingerprint density at radius 3 is 0.521 bits per heavy atom. The molecule has 30 rings (SSSR count). The van der Waals surface area contributed by atoms with Crippen LogP contribution < -0.4 is 31.9 Å². The van der Waals surface area contributed by atoms with Gasteiger partial charge < -0.3 is 117 Å². The summed E-state index contributed by atoms with van der Waals surface area (Å²) >= 11 is 0. The van der Waals surface area contributed by atoms with Gasteiger partial charge in [0.05, 0.1) is 0 Å². The molecule has 42 heteroatoms. The largest absolute Gasteiger partial charge is 0.438 e. The third-order valence-corrected chi connectivity index (χ3v) is 17.1. The molecule has 0 aromatic rings. The molecule has 0 aliphatic carbocycles. The van der Waals surface area contributed by atoms with Gasteiger partial charge in [-0.3, -0.25) is 0 Å². The number of hydrogen-bond donors (Lipinski definition) is 6. The first-order valence-corrected chi connectivity index (χ1v) is 32.0. The van der Waals surface area contributed by atoms with Gasteiger partial charge in [-0.25, -0.2) is 87.4 Å². The Morgan fingerprint density at radius 1 is 0.240 bits per heavy atom. The van der Waals surface area contributed by atoms with E-state index in [2.05, 4.69) is 31.9 Å². The number of alkyl carbamates (subject to hydrolysis) is 6. The van der Waals surface area contributed by atoms with Crippen LogP contribution in [0.1, 0.15) is 41.5 Å². The lowest BCUT2D eigenvalue weighted by molar-refractivity contribution is -0.503. The minimum absolute atomic E-state index is 0.105. The lowest BCUT2D eigenvalue weighted by Crippen LogP contribution is -2.73. The molecule has 30 fully saturated rings. The van der Waals surface area contributed by atoms with Crippen molar-refractivity contribution in [1.82, 2.24) is 31.9 Å². The van der Waals surface area contributed by atoms with E-state index in [1.807, 2.05) is 0 Å². The van der Waals surface area contributed by atoms with Gasteiger partial charge in [0.25, 0.3) is 0 Å². The fraction of sp³-hybridized carbons (Fsp3) is 0.889. The maximum atomic E-state index is 13.6. The summed E-state index contributed by atoms with van der Waals surface area (Å²) < 4.78 is 116. The first kappa shape index (κ1) is 69.2. The van der Waals surface area contributed by atoms with Crippen LogP contribution in [0.2, 0.25) is 0 Å². The number of nitrogens with one attached hydrogen (secondary N) is 6. The van der Waals surface area contributed by atoms with E-state index in [4.69, 9.17) is 144 Å². The molecule has 0 aromatic heterocycles. The molecule has 30 heterocycles. The van der Waals surface area contributed by atoms with E-state index in [-0.39, 0.29) is 78.9 Å². The minimum Gasteiger partial charge on any atom is -0.438 e. The molecule has 0 unspecified atom stereocenters. The van der Waals surface area contributed by atoms with Crippen molar-refractivity contribution >= 4 is 36.6 Å². The number of rotatable bonds is 12. The van der Waals surface area contributed by atoms with E-state index in [1.54, 1.807) is 41.5 Å². The monoisotopic (exact) mass is 1390 g/mol. The Balaban J connectivity index is 0.892. The molecular formula is C54H78N6O36. The lowest BCUT2D eigenvalue weighted by atomic mass is 9.93. The smallest absolute Gasteiger partial charge is 0.407 e. The van der Waals surface area contributed by atoms with Crippen LogP contribution in [0.3, 0.4) is 0 Å². The second kappa shape index (κ2) is 31.0. The van der Waals surface area contributed by atoms with Crippen LogP contribution in [0.5, 0.6) is 0 Å². The van der Waals surface area contributed by atoms with Crippen LogP contribution in [0.25, 0.3) is 0 Å². The SMILES string of the molecule is CCNC(=O)O[C@H]1[C@H]2O[C@H]3[C@@H]4OOC[C@H]3O[C@H](O[C@H]3[C@@H]5OOC[C@H]3O[C@H](O[C@H]3[C@@H]6OOC[C@H]3O[C@H](O[C@H]3[C@@H]7OOC[C@H]3O[C@H](O[C@H]3[C@@H]8OOC[C@H]3O[C@H](O[C@H]3[C@@H]1OOC[C@H]3O2)[C@@H]8OC(=O)NCC)[C@@H]7OC(=O)NCC)[C@@H]6OC(=O)NCC)[C@@H]5OC(=O)NCC)[C@@H]4OC(=O)NCC. The van der Waals surface area contributed by atoms with Gasteiger partial charge in [0, 0.05) is 39.3 Å². The van der Waals surface area contributed by atoms with Crippen LogP contribution in [-0.4, -0.2) is 300 Å². The van der Waals surface area contributed by atoms with Crippen LogP contribution >= 0.6 is 0 Å². The molecule has 42 nitrogen and oxygen atoms in total. The fourth-order valence-electron chi connectivity index (χ4n) is 13.0. The Labute approximate surface area is 544 Å². The highest BCUT2D eigenvalue weighted by Crippen LogP contribution is 2.46. The van der Waals surface area contributed by atoms with Crippen LogP contribution in [-0.2, 0) is 144 Å². The highest BCUT2D eigenvalue weighted by Gasteiger charge is 2.66. The molecule has 96 heavy (non-hydrogen) atoms. The third-order valence-electron chi connectivity index (χ3n) is 17.1. The normalized spacial score (nSPS) is 44.4. The molecule has 30 atom stereocenters. The Bertz CT molecular complexity index is 2240. The zero-order valence-corrected chi connectivity index (χ0v) is 52.5. The molecule has 0 saturated carbocycles. The van der Waals surface area contributed by atoms with E-state index in [1.165, 1.54) is 0 Å². The van der Waals surface area contributed by atoms with E-state index in [0.29, 0.717) is 0 Å². The summed E-state index contributed by atoms with van der Waals surface area (Å²) in [5, 5.41) is 15.5. The number of carbonyl (C=O) groups is 6. The zero-order chi connectivity index (χ0) is 66.7. The van der Waals surface area contributed by atoms with Crippen molar-refractivity contribution < 1.29 is 173 Å². The standard InChI is InChI=1S/C54H78N6O36/c1-7-55-49(61)85-37-31-25-19(13-67-91-31)73-43(37)79-26-20-14-68-92-32(26)38(86-50(62)56-8-2)45(74-20)81-28-22-16-70-94-34(28)40(88-52(64)58-10-4)47(76-22)83-30-24-18-72-96-36(30)42(90-54(66)60-12-6)48(78-24)84-29-23-17-71-95-35(29)41(89-53(65)59-11-5)46(77-23)82-27-21-15-69-93-33(27)39(44(75-21)80-25)87-51(63)57-9-3/h19-48H,7-18H2,1-6H3,(H,55,61)(H,56,62)(H,57,63)(H,58,64)(H,59,65)(H,60,66)/t19-,20-,21-,22-,23-,24-,25-,26-,27-,28-,29-,30-,31+,32+,33+,34+,35+,36+,37-,38-,39-,40-,41-,42-,43-,44-,45-,46-,47-,48-/m1/s1. The van der Waals surface area contributed by atoms with Crippen molar-refractivity contribution in [3.8, 4) is 0 Å². The Kier molecular flexibility index (Phi) is 22.4. The van der Waals surface area contributed by atoms with E-state index >= 15 is 0 Å². The zero-order valence-electron chi connectivity index (χ0n) is 52.5. The second-order valence-electron chi connectivity index (χ2n) is 23.3. The highest BCUT2D eigenvalue weighted by atomic mass is 17.2. The van der Waals surface area contributed by atoms with Gasteiger partial charge in [0.2, 0.25) is 0 Å². The average molecular weight is 1390 g/mol. The Morgan fingerprint density at radius 2 is 0.385 bits per heavy atom. The van der Waals surface area contributed by atoms with E-state index in [9.17, 15) is 28.8 Å². The molecule has 30 aliphatic rings. The first-order valence-electron chi connectivity index (χ1n) is 32.0. The lowest BCUT2D eigenvalue weighted by Gasteiger charge is -2.54. The minimum atomic E-state index is -1.62. The molecule has 540 valence electrons. The topological polar surface area (TPSA) is 451 Å². The maximum Gasteiger partial charge on any atom is 0.407 e. The summed E-state index contributed by atoms with van der Waals surface area (Å²) in [6, 6.07) is 0. The van der Waals surface area contributed by atoms with Gasteiger partial charge in [-0.15, -0.1) is 0 Å². The van der Waals surface area contributed by atoms with Gasteiger partial charge >= 0.3 is 36.6 Å². The molecule has 6 N–H and O–H groups in total. The van der Waals surface area contributed by atoms with Crippen molar-refractivity contribution in [2.45, 2.75) is 226 Å². The number of ether oxygens (including phenoxy) is 18. The van der Waals surface area contributed by atoms with Crippen LogP contribution in [0.15, 0.2) is 0 Å². The first-order chi connectivity index (χ1) is 46.8. The predicted octanol–water partition coefficient (Wildman–Crippen LogP) is -2.67. The maximum absolute atomic E-state index is 13.6. The third kappa shape index (κ3) is 14.5. The highest BCUT2D eigenvalue weighted by molar-refractivity contribution is 5.69. The van der Waals surface area contributed by atoms with E-state index in [0.717, 1.165) is 0 Å². The summed E-state index contributed by atoms with van der Waals surface area (Å²) in [5.41, 5.74) is 0. The fourth-order valence-corrected chi connectivity index (χ4v) is 13.0. The van der Waals surface area contributed by atoms with Crippen LogP contribution in [0, 0.1) is 0 Å². The van der Waals surface area contributed by atoms with Gasteiger partial charge in [-0.2, -0.15) is 0 Å². The molecule has 30 saturated heterocycles. The van der Waals surface area contributed by atoms with Crippen molar-refractivity contribution in [1.29, 1.82) is 0 Å². The average Bonchev–Trinajstić information content (AvgIpc) is 0.753. The van der Waals surface area contributed by atoms with Crippen molar-refractivity contribution in [3.05, 3.63) is 0 Å². The van der Waals surface area contributed by atoms with Crippen molar-refractivity contribution in [2.75, 3.05) is 78.9 Å². The molecule has 0 aromatic carbocycles. The number of carbonyl (C=O) groups excluding carboxylic acids is 6. The van der Waals surface area contributed by atoms with Crippen LogP contribution in [0.4, 0.5) is 28.8 Å². The number of amides is 6. The molecule has 24 bridgehead atoms. The van der Waals surface area contributed by atoms with Gasteiger partial charge in [-0.05, 0) is 41.5 Å². The molecular weight excluding hydrogens is 1310 g/mol. The summed E-state index contributed by atoms with van der Waals surface area (Å²) in [6.45, 7) is 8.39. The van der Waals surface area contributed by atoms with Crippen molar-refractivity contribution in [3.63, 3.8) is 0 Å². The van der Waals surface area contributed by atoms with Crippen molar-refractivity contribution in [2.24, 2.45) is 0 Å². The second-order valence-corrected chi connectivity index (χ2v) is 23.3. The molecule has 0 radical (unpaired) electrons. The molecule has 6 amide bonds. The van der Waals surface area contributed by atoms with Gasteiger partial charge in [0.1, 0.15) is 113 Å². The quantitative estimate of drug-likeness (QED) is 0.0857. The molecule has 0 spiro atoms. The summed E-state index contributed by atoms with van der Waals surface area (Å²) in [6.07, 6.45) is -49.1. The van der Waals surface area contributed by atoms with E-state index < -0.39 is 221 Å². The number of hydrogen-bond acceptors (Lipinski definition) is 36. The summed E-state index contributed by atoms with van der Waals surface area (Å²) in [5.74, 6) is 0. The van der Waals surface area contributed by atoms with Gasteiger partial charge in [-0.1, -0.05) is 0 Å². The summed E-state index contributed by atoms with van der Waals surface area (Å²) in [4.78, 5) is 151. The summed E-state index contributed by atoms with van der Waals surface area (Å²) in [7, 11) is 0.